The summed E-state index contributed by atoms with van der Waals surface area (Å²) in [6.07, 6.45) is 4.22. The Balaban J connectivity index is 2.12. The molecule has 1 aliphatic heterocycles. The second kappa shape index (κ2) is 7.02. The molecule has 2 rings (SSSR count). The van der Waals surface area contributed by atoms with Gasteiger partial charge in [0.2, 0.25) is 5.91 Å². The van der Waals surface area contributed by atoms with Gasteiger partial charge in [0.05, 0.1) is 10.8 Å². The van der Waals surface area contributed by atoms with Crippen LogP contribution in [0.1, 0.15) is 32.6 Å². The van der Waals surface area contributed by atoms with Gasteiger partial charge in [-0.3, -0.25) is 9.00 Å². The lowest BCUT2D eigenvalue weighted by atomic mass is 10.2. The topological polar surface area (TPSA) is 63.4 Å². The number of benzene rings is 1. The summed E-state index contributed by atoms with van der Waals surface area (Å²) in [5.74, 6) is -0.661. The Bertz CT molecular complexity index is 522. The van der Waals surface area contributed by atoms with Gasteiger partial charge < -0.3 is 10.6 Å². The smallest absolute Gasteiger partial charge is 0.238 e. The predicted molar refractivity (Wildman–Crippen MR) is 81.7 cm³/mol. The van der Waals surface area contributed by atoms with Gasteiger partial charge in [-0.25, -0.2) is 4.39 Å². The van der Waals surface area contributed by atoms with Gasteiger partial charge >= 0.3 is 0 Å². The number of hydrogen-bond donors (Lipinski definition) is 1. The van der Waals surface area contributed by atoms with E-state index >= 15 is 0 Å². The third-order valence-electron chi connectivity index (χ3n) is 3.71. The van der Waals surface area contributed by atoms with E-state index in [1.807, 2.05) is 0 Å². The Morgan fingerprint density at radius 2 is 1.86 bits per heavy atom. The summed E-state index contributed by atoms with van der Waals surface area (Å²) >= 11 is 0. The van der Waals surface area contributed by atoms with E-state index in [2.05, 4.69) is 0 Å². The van der Waals surface area contributed by atoms with Crippen LogP contribution in [0, 0.1) is 5.82 Å². The highest BCUT2D eigenvalue weighted by atomic mass is 32.2. The Hall–Kier alpha value is -1.43. The second-order valence-electron chi connectivity index (χ2n) is 5.40. The van der Waals surface area contributed by atoms with Crippen LogP contribution in [0.4, 0.5) is 10.1 Å². The molecule has 2 N–H and O–H groups in total. The summed E-state index contributed by atoms with van der Waals surface area (Å²) in [5, 5.41) is -0.690. The fourth-order valence-electron chi connectivity index (χ4n) is 2.54. The molecule has 21 heavy (non-hydrogen) atoms. The molecule has 1 amide bonds. The van der Waals surface area contributed by atoms with E-state index < -0.39 is 21.9 Å². The van der Waals surface area contributed by atoms with Crippen molar-refractivity contribution in [3.8, 4) is 0 Å². The molecular formula is C15H21FN2O2S. The van der Waals surface area contributed by atoms with Gasteiger partial charge in [0.25, 0.3) is 0 Å². The minimum Gasteiger partial charge on any atom is -0.399 e. The number of nitrogen functional groups attached to an aromatic ring is 1. The van der Waals surface area contributed by atoms with E-state index in [1.54, 1.807) is 11.8 Å². The number of nitrogens with two attached hydrogens (primary N) is 1. The predicted octanol–water partition coefficient (Wildman–Crippen LogP) is 2.31. The normalized spacial score (nSPS) is 18.9. The lowest BCUT2D eigenvalue weighted by molar-refractivity contribution is -0.130. The molecule has 1 saturated heterocycles. The Morgan fingerprint density at radius 3 is 2.43 bits per heavy atom. The second-order valence-corrected chi connectivity index (χ2v) is 7.17. The van der Waals surface area contributed by atoms with Crippen LogP contribution < -0.4 is 5.73 Å². The average molecular weight is 312 g/mol. The molecule has 1 heterocycles. The molecule has 2 unspecified atom stereocenters. The van der Waals surface area contributed by atoms with E-state index in [0.29, 0.717) is 13.1 Å². The maximum absolute atomic E-state index is 13.4. The zero-order chi connectivity index (χ0) is 15.4. The summed E-state index contributed by atoms with van der Waals surface area (Å²) < 4.78 is 25.8. The van der Waals surface area contributed by atoms with E-state index in [-0.39, 0.29) is 16.5 Å². The van der Waals surface area contributed by atoms with Crippen LogP contribution in [0.5, 0.6) is 0 Å². The molecule has 0 saturated carbocycles. The minimum atomic E-state index is -1.60. The minimum absolute atomic E-state index is 0.127. The molecule has 6 heteroatoms. The van der Waals surface area contributed by atoms with Crippen LogP contribution >= 0.6 is 0 Å². The van der Waals surface area contributed by atoms with Gasteiger partial charge in [-0.05, 0) is 38.0 Å². The summed E-state index contributed by atoms with van der Waals surface area (Å²) in [6, 6.07) is 3.81. The third-order valence-corrected chi connectivity index (χ3v) is 5.26. The van der Waals surface area contributed by atoms with Crippen molar-refractivity contribution in [2.75, 3.05) is 18.8 Å². The van der Waals surface area contributed by atoms with E-state index in [9.17, 15) is 13.4 Å². The fourth-order valence-corrected chi connectivity index (χ4v) is 3.77. The SMILES string of the molecule is CC(C(=O)N1CCCCCC1)S(=O)c1cc(N)cc(F)c1. The van der Waals surface area contributed by atoms with Crippen LogP contribution in [0.3, 0.4) is 0 Å². The molecular weight excluding hydrogens is 291 g/mol. The molecule has 0 bridgehead atoms. The van der Waals surface area contributed by atoms with Gasteiger partial charge in [-0.2, -0.15) is 0 Å². The highest BCUT2D eigenvalue weighted by molar-refractivity contribution is 7.86. The average Bonchev–Trinajstić information content (AvgIpc) is 2.73. The maximum atomic E-state index is 13.4. The standard InChI is InChI=1S/C15H21FN2O2S/c1-11(15(19)18-6-4-2-3-5-7-18)21(20)14-9-12(16)8-13(17)10-14/h8-11H,2-7,17H2,1H3. The molecule has 2 atom stereocenters. The zero-order valence-electron chi connectivity index (χ0n) is 12.2. The van der Waals surface area contributed by atoms with Crippen molar-refractivity contribution in [3.63, 3.8) is 0 Å². The quantitative estimate of drug-likeness (QED) is 0.871. The molecule has 0 aromatic heterocycles. The summed E-state index contributed by atoms with van der Waals surface area (Å²) in [5.41, 5.74) is 5.78. The van der Waals surface area contributed by atoms with Crippen molar-refractivity contribution in [1.29, 1.82) is 0 Å². The Morgan fingerprint density at radius 1 is 1.24 bits per heavy atom. The molecule has 1 fully saturated rings. The number of anilines is 1. The molecule has 4 nitrogen and oxygen atoms in total. The van der Waals surface area contributed by atoms with Crippen molar-refractivity contribution in [2.45, 2.75) is 42.8 Å². The van der Waals surface area contributed by atoms with E-state index in [0.717, 1.165) is 25.7 Å². The number of rotatable bonds is 3. The molecule has 0 radical (unpaired) electrons. The number of carbonyl (C=O) groups excluding carboxylic acids is 1. The lowest BCUT2D eigenvalue weighted by Crippen LogP contribution is -2.40. The van der Waals surface area contributed by atoms with Crippen molar-refractivity contribution in [1.82, 2.24) is 4.90 Å². The molecule has 116 valence electrons. The van der Waals surface area contributed by atoms with Crippen molar-refractivity contribution in [2.24, 2.45) is 0 Å². The van der Waals surface area contributed by atoms with Crippen molar-refractivity contribution >= 4 is 22.4 Å². The van der Waals surface area contributed by atoms with Crippen LogP contribution in [0.25, 0.3) is 0 Å². The fraction of sp³-hybridized carbons (Fsp3) is 0.533. The highest BCUT2D eigenvalue weighted by Crippen LogP contribution is 2.19. The first-order chi connectivity index (χ1) is 9.99. The van der Waals surface area contributed by atoms with Gasteiger partial charge in [-0.1, -0.05) is 12.8 Å². The van der Waals surface area contributed by atoms with Crippen LogP contribution in [0.15, 0.2) is 23.1 Å². The largest absolute Gasteiger partial charge is 0.399 e. The summed E-state index contributed by atoms with van der Waals surface area (Å²) in [6.45, 7) is 3.06. The van der Waals surface area contributed by atoms with Crippen molar-refractivity contribution < 1.29 is 13.4 Å². The first-order valence-corrected chi connectivity index (χ1v) is 8.46. The van der Waals surface area contributed by atoms with E-state index in [4.69, 9.17) is 5.73 Å². The zero-order valence-corrected chi connectivity index (χ0v) is 13.0. The summed E-state index contributed by atoms with van der Waals surface area (Å²) in [4.78, 5) is 14.5. The highest BCUT2D eigenvalue weighted by Gasteiger charge is 2.27. The lowest BCUT2D eigenvalue weighted by Gasteiger charge is -2.23. The first-order valence-electron chi connectivity index (χ1n) is 7.24. The first kappa shape index (κ1) is 15.9. The van der Waals surface area contributed by atoms with Gasteiger partial charge in [0, 0.05) is 23.7 Å². The number of hydrogen-bond acceptors (Lipinski definition) is 3. The molecule has 0 aliphatic carbocycles. The van der Waals surface area contributed by atoms with Crippen LogP contribution in [-0.4, -0.2) is 33.4 Å². The maximum Gasteiger partial charge on any atom is 0.238 e. The van der Waals surface area contributed by atoms with Crippen molar-refractivity contribution in [3.05, 3.63) is 24.0 Å². The van der Waals surface area contributed by atoms with E-state index in [1.165, 1.54) is 18.2 Å². The van der Waals surface area contributed by atoms with Gasteiger partial charge in [0.15, 0.2) is 0 Å². The van der Waals surface area contributed by atoms with Crippen LogP contribution in [-0.2, 0) is 15.6 Å². The third kappa shape index (κ3) is 4.03. The van der Waals surface area contributed by atoms with Crippen LogP contribution in [0.2, 0.25) is 0 Å². The number of amides is 1. The molecule has 1 aromatic rings. The number of carbonyl (C=O) groups is 1. The monoisotopic (exact) mass is 312 g/mol. The van der Waals surface area contributed by atoms with Gasteiger partial charge in [-0.15, -0.1) is 0 Å². The van der Waals surface area contributed by atoms with Gasteiger partial charge in [0.1, 0.15) is 11.1 Å². The Labute approximate surface area is 127 Å². The number of halogens is 1. The molecule has 1 aliphatic rings. The molecule has 1 aromatic carbocycles. The Kier molecular flexibility index (Phi) is 5.33. The molecule has 0 spiro atoms. The number of nitrogens with zero attached hydrogens (tertiary/aromatic N) is 1. The summed E-state index contributed by atoms with van der Waals surface area (Å²) in [7, 11) is -1.60. The number of likely N-dealkylation sites (tertiary alicyclic amines) is 1.